The van der Waals surface area contributed by atoms with Gasteiger partial charge in [-0.2, -0.15) is 0 Å². The highest BCUT2D eigenvalue weighted by atomic mass is 16.5. The number of fused-ring (bicyclic) bond motifs is 1. The lowest BCUT2D eigenvalue weighted by Gasteiger charge is -2.29. The molecule has 3 rings (SSSR count). The van der Waals surface area contributed by atoms with Gasteiger partial charge in [-0.3, -0.25) is 4.79 Å². The zero-order valence-corrected chi connectivity index (χ0v) is 10.7. The Morgan fingerprint density at radius 2 is 2.26 bits per heavy atom. The SMILES string of the molecule is Cc1cc(C(=O)N2CCCc3ccc(N)cc32)no1. The van der Waals surface area contributed by atoms with Crippen molar-refractivity contribution in [2.45, 2.75) is 19.8 Å². The fourth-order valence-corrected chi connectivity index (χ4v) is 2.41. The average Bonchev–Trinajstić information content (AvgIpc) is 2.84. The maximum absolute atomic E-state index is 12.4. The first kappa shape index (κ1) is 11.8. The summed E-state index contributed by atoms with van der Waals surface area (Å²) in [5.41, 5.74) is 8.85. The molecule has 1 aromatic carbocycles. The number of aromatic nitrogens is 1. The van der Waals surface area contributed by atoms with Crippen molar-refractivity contribution in [3.63, 3.8) is 0 Å². The summed E-state index contributed by atoms with van der Waals surface area (Å²) in [5, 5.41) is 3.79. The van der Waals surface area contributed by atoms with Gasteiger partial charge in [0.1, 0.15) is 5.76 Å². The summed E-state index contributed by atoms with van der Waals surface area (Å²) >= 11 is 0. The van der Waals surface area contributed by atoms with Gasteiger partial charge >= 0.3 is 0 Å². The first-order chi connectivity index (χ1) is 9.15. The first-order valence-corrected chi connectivity index (χ1v) is 6.29. The van der Waals surface area contributed by atoms with E-state index in [-0.39, 0.29) is 5.91 Å². The predicted octanol–water partition coefficient (Wildman–Crippen LogP) is 2.16. The number of nitrogens with two attached hydrogens (primary N) is 1. The van der Waals surface area contributed by atoms with Gasteiger partial charge in [0.15, 0.2) is 5.69 Å². The molecule has 5 nitrogen and oxygen atoms in total. The van der Waals surface area contributed by atoms with Crippen molar-refractivity contribution in [3.8, 4) is 0 Å². The van der Waals surface area contributed by atoms with Crippen LogP contribution in [0.25, 0.3) is 0 Å². The van der Waals surface area contributed by atoms with Crippen molar-refractivity contribution < 1.29 is 9.32 Å². The maximum Gasteiger partial charge on any atom is 0.280 e. The fourth-order valence-electron chi connectivity index (χ4n) is 2.41. The van der Waals surface area contributed by atoms with Crippen LogP contribution in [0.2, 0.25) is 0 Å². The molecule has 0 saturated heterocycles. The molecule has 0 radical (unpaired) electrons. The molecule has 1 aromatic heterocycles. The Labute approximate surface area is 111 Å². The lowest BCUT2D eigenvalue weighted by molar-refractivity contribution is 0.0976. The number of carbonyl (C=O) groups excluding carboxylic acids is 1. The maximum atomic E-state index is 12.4. The van der Waals surface area contributed by atoms with Gasteiger partial charge in [-0.05, 0) is 37.5 Å². The topological polar surface area (TPSA) is 72.4 Å². The van der Waals surface area contributed by atoms with Crippen LogP contribution in [0.5, 0.6) is 0 Å². The summed E-state index contributed by atoms with van der Waals surface area (Å²) in [6, 6.07) is 7.35. The highest BCUT2D eigenvalue weighted by Crippen LogP contribution is 2.30. The third-order valence-corrected chi connectivity index (χ3v) is 3.32. The number of hydrogen-bond acceptors (Lipinski definition) is 4. The van der Waals surface area contributed by atoms with Crippen molar-refractivity contribution in [2.24, 2.45) is 0 Å². The van der Waals surface area contributed by atoms with E-state index in [4.69, 9.17) is 10.3 Å². The van der Waals surface area contributed by atoms with Gasteiger partial charge in [0.2, 0.25) is 0 Å². The first-order valence-electron chi connectivity index (χ1n) is 6.29. The summed E-state index contributed by atoms with van der Waals surface area (Å²) in [4.78, 5) is 14.2. The molecule has 2 N–H and O–H groups in total. The van der Waals surface area contributed by atoms with Gasteiger partial charge in [0, 0.05) is 24.0 Å². The van der Waals surface area contributed by atoms with Crippen LogP contribution >= 0.6 is 0 Å². The number of benzene rings is 1. The van der Waals surface area contributed by atoms with Crippen LogP contribution in [-0.2, 0) is 6.42 Å². The van der Waals surface area contributed by atoms with Crippen molar-refractivity contribution in [3.05, 3.63) is 41.3 Å². The van der Waals surface area contributed by atoms with E-state index in [0.29, 0.717) is 23.7 Å². The van der Waals surface area contributed by atoms with E-state index in [1.54, 1.807) is 17.9 Å². The van der Waals surface area contributed by atoms with Gasteiger partial charge < -0.3 is 15.2 Å². The third kappa shape index (κ3) is 2.07. The summed E-state index contributed by atoms with van der Waals surface area (Å²) in [6.07, 6.45) is 1.91. The number of amides is 1. The second-order valence-electron chi connectivity index (χ2n) is 4.77. The summed E-state index contributed by atoms with van der Waals surface area (Å²) in [5.74, 6) is 0.497. The molecular weight excluding hydrogens is 242 g/mol. The molecule has 1 aliphatic heterocycles. The quantitative estimate of drug-likeness (QED) is 0.794. The van der Waals surface area contributed by atoms with Crippen LogP contribution in [0.15, 0.2) is 28.8 Å². The summed E-state index contributed by atoms with van der Waals surface area (Å²) in [6.45, 7) is 2.45. The van der Waals surface area contributed by atoms with E-state index in [2.05, 4.69) is 5.16 Å². The van der Waals surface area contributed by atoms with E-state index < -0.39 is 0 Å². The molecule has 98 valence electrons. The number of anilines is 2. The highest BCUT2D eigenvalue weighted by Gasteiger charge is 2.25. The highest BCUT2D eigenvalue weighted by molar-refractivity contribution is 6.05. The van der Waals surface area contributed by atoms with Crippen molar-refractivity contribution in [1.82, 2.24) is 5.16 Å². The monoisotopic (exact) mass is 257 g/mol. The molecule has 0 atom stereocenters. The minimum absolute atomic E-state index is 0.136. The molecule has 0 bridgehead atoms. The average molecular weight is 257 g/mol. The molecule has 0 unspecified atom stereocenters. The second kappa shape index (κ2) is 4.42. The van der Waals surface area contributed by atoms with E-state index in [1.807, 2.05) is 18.2 Å². The molecule has 0 spiro atoms. The van der Waals surface area contributed by atoms with E-state index in [0.717, 1.165) is 24.1 Å². The third-order valence-electron chi connectivity index (χ3n) is 3.32. The summed E-state index contributed by atoms with van der Waals surface area (Å²) < 4.78 is 4.97. The zero-order chi connectivity index (χ0) is 13.4. The molecule has 1 aliphatic rings. The van der Waals surface area contributed by atoms with Crippen LogP contribution in [0.3, 0.4) is 0 Å². The van der Waals surface area contributed by atoms with Crippen LogP contribution in [0.4, 0.5) is 11.4 Å². The van der Waals surface area contributed by atoms with Gasteiger partial charge in [-0.25, -0.2) is 0 Å². The fraction of sp³-hybridized carbons (Fsp3) is 0.286. The van der Waals surface area contributed by atoms with Crippen LogP contribution < -0.4 is 10.6 Å². The second-order valence-corrected chi connectivity index (χ2v) is 4.77. The van der Waals surface area contributed by atoms with Crippen LogP contribution in [0, 0.1) is 6.92 Å². The largest absolute Gasteiger partial charge is 0.399 e. The normalized spacial score (nSPS) is 14.3. The van der Waals surface area contributed by atoms with Gasteiger partial charge in [-0.1, -0.05) is 11.2 Å². The van der Waals surface area contributed by atoms with Crippen molar-refractivity contribution >= 4 is 17.3 Å². The zero-order valence-electron chi connectivity index (χ0n) is 10.7. The Hall–Kier alpha value is -2.30. The molecule has 5 heteroatoms. The van der Waals surface area contributed by atoms with Crippen molar-refractivity contribution in [2.75, 3.05) is 17.2 Å². The smallest absolute Gasteiger partial charge is 0.280 e. The molecule has 2 heterocycles. The number of aryl methyl sites for hydroxylation is 2. The minimum Gasteiger partial charge on any atom is -0.399 e. The Kier molecular flexibility index (Phi) is 2.74. The Balaban J connectivity index is 1.99. The Morgan fingerprint density at radius 3 is 3.00 bits per heavy atom. The Morgan fingerprint density at radius 1 is 1.42 bits per heavy atom. The number of rotatable bonds is 1. The number of carbonyl (C=O) groups is 1. The molecule has 0 fully saturated rings. The van der Waals surface area contributed by atoms with E-state index in [1.165, 1.54) is 0 Å². The predicted molar refractivity (Wildman–Crippen MR) is 72.1 cm³/mol. The lowest BCUT2D eigenvalue weighted by atomic mass is 10.0. The Bertz CT molecular complexity index is 633. The van der Waals surface area contributed by atoms with Crippen LogP contribution in [0.1, 0.15) is 28.2 Å². The summed E-state index contributed by atoms with van der Waals surface area (Å²) in [7, 11) is 0. The van der Waals surface area contributed by atoms with Gasteiger partial charge in [0.25, 0.3) is 5.91 Å². The molecule has 19 heavy (non-hydrogen) atoms. The molecule has 2 aromatic rings. The van der Waals surface area contributed by atoms with E-state index >= 15 is 0 Å². The van der Waals surface area contributed by atoms with Gasteiger partial charge in [-0.15, -0.1) is 0 Å². The van der Waals surface area contributed by atoms with Crippen LogP contribution in [-0.4, -0.2) is 17.6 Å². The molecule has 0 saturated carbocycles. The number of nitrogens with zero attached hydrogens (tertiary/aromatic N) is 2. The number of nitrogen functional groups attached to an aromatic ring is 1. The number of hydrogen-bond donors (Lipinski definition) is 1. The lowest BCUT2D eigenvalue weighted by Crippen LogP contribution is -2.35. The minimum atomic E-state index is -0.136. The molecular formula is C14H15N3O2. The molecule has 1 amide bonds. The van der Waals surface area contributed by atoms with E-state index in [9.17, 15) is 4.79 Å². The molecule has 0 aliphatic carbocycles. The van der Waals surface area contributed by atoms with Gasteiger partial charge in [0.05, 0.1) is 0 Å². The standard InChI is InChI=1S/C14H15N3O2/c1-9-7-12(16-19-9)14(18)17-6-2-3-10-4-5-11(15)8-13(10)17/h4-5,7-8H,2-3,6,15H2,1H3. The van der Waals surface area contributed by atoms with Crippen molar-refractivity contribution in [1.29, 1.82) is 0 Å².